The van der Waals surface area contributed by atoms with E-state index in [4.69, 9.17) is 10.8 Å². The zero-order chi connectivity index (χ0) is 14.1. The Morgan fingerprint density at radius 3 is 2.22 bits per heavy atom. The van der Waals surface area contributed by atoms with Crippen molar-refractivity contribution in [2.75, 3.05) is 19.6 Å². The normalized spacial score (nSPS) is 11.2. The van der Waals surface area contributed by atoms with E-state index in [-0.39, 0.29) is 13.1 Å². The van der Waals surface area contributed by atoms with Crippen molar-refractivity contribution in [3.63, 3.8) is 0 Å². The minimum Gasteiger partial charge on any atom is -0.480 e. The van der Waals surface area contributed by atoms with Crippen LogP contribution in [-0.4, -0.2) is 54.5 Å². The van der Waals surface area contributed by atoms with Crippen LogP contribution in [0.2, 0.25) is 0 Å². The van der Waals surface area contributed by atoms with Crippen LogP contribution in [0.15, 0.2) is 0 Å². The van der Waals surface area contributed by atoms with Crippen molar-refractivity contribution >= 4 is 23.7 Å². The molecule has 0 aliphatic carbocycles. The summed E-state index contributed by atoms with van der Waals surface area (Å²) < 4.78 is 0. The van der Waals surface area contributed by atoms with Crippen molar-refractivity contribution in [1.29, 1.82) is 0 Å². The number of hydrogen-bond acceptors (Lipinski definition) is 5. The van der Waals surface area contributed by atoms with Crippen molar-refractivity contribution in [2.45, 2.75) is 13.0 Å². The lowest BCUT2D eigenvalue weighted by atomic mass is 10.3. The highest BCUT2D eigenvalue weighted by Crippen LogP contribution is 1.82. The Bertz CT molecular complexity index is 344. The molecule has 0 aromatic rings. The maximum absolute atomic E-state index is 11.3. The summed E-state index contributed by atoms with van der Waals surface area (Å²) in [5.74, 6) is -2.88. The Labute approximate surface area is 103 Å². The molecular weight excluding hydrogens is 244 g/mol. The molecule has 0 saturated carbocycles. The zero-order valence-electron chi connectivity index (χ0n) is 9.86. The van der Waals surface area contributed by atoms with E-state index in [0.717, 1.165) is 0 Å². The van der Waals surface area contributed by atoms with Gasteiger partial charge in [-0.1, -0.05) is 0 Å². The molecular formula is C9H16N4O5. The first-order valence-corrected chi connectivity index (χ1v) is 5.12. The number of carbonyl (C=O) groups excluding carboxylic acids is 3. The van der Waals surface area contributed by atoms with Crippen LogP contribution >= 0.6 is 0 Å². The number of amides is 3. The number of aliphatic carboxylic acids is 1. The highest BCUT2D eigenvalue weighted by atomic mass is 16.4. The summed E-state index contributed by atoms with van der Waals surface area (Å²) in [5, 5.41) is 14.9. The third-order valence-corrected chi connectivity index (χ3v) is 1.82. The number of rotatable bonds is 7. The van der Waals surface area contributed by atoms with Gasteiger partial charge in [0.15, 0.2) is 0 Å². The van der Waals surface area contributed by atoms with E-state index in [0.29, 0.717) is 0 Å². The van der Waals surface area contributed by atoms with Crippen molar-refractivity contribution in [1.82, 2.24) is 16.0 Å². The van der Waals surface area contributed by atoms with E-state index in [9.17, 15) is 19.2 Å². The number of carboxylic acid groups (broad SMARTS) is 1. The molecule has 0 aromatic heterocycles. The van der Waals surface area contributed by atoms with Gasteiger partial charge in [0.05, 0.1) is 13.1 Å². The van der Waals surface area contributed by atoms with E-state index < -0.39 is 36.3 Å². The number of hydrogen-bond donors (Lipinski definition) is 5. The second kappa shape index (κ2) is 8.01. The van der Waals surface area contributed by atoms with Crippen molar-refractivity contribution in [3.05, 3.63) is 0 Å². The Balaban J connectivity index is 3.95. The smallest absolute Gasteiger partial charge is 0.322 e. The fraction of sp³-hybridized carbons (Fsp3) is 0.556. The molecule has 0 unspecified atom stereocenters. The van der Waals surface area contributed by atoms with Crippen LogP contribution in [0.1, 0.15) is 6.92 Å². The Morgan fingerprint density at radius 1 is 1.11 bits per heavy atom. The number of carbonyl (C=O) groups is 4. The topological polar surface area (TPSA) is 151 Å². The Morgan fingerprint density at radius 2 is 1.72 bits per heavy atom. The van der Waals surface area contributed by atoms with Crippen LogP contribution in [0.25, 0.3) is 0 Å². The Hall–Kier alpha value is -2.16. The van der Waals surface area contributed by atoms with Crippen LogP contribution in [-0.2, 0) is 19.2 Å². The predicted octanol–water partition coefficient (Wildman–Crippen LogP) is -3.23. The van der Waals surface area contributed by atoms with Gasteiger partial charge in [-0.2, -0.15) is 0 Å². The molecule has 1 atom stereocenters. The summed E-state index contributed by atoms with van der Waals surface area (Å²) in [4.78, 5) is 43.5. The zero-order valence-corrected chi connectivity index (χ0v) is 9.86. The maximum atomic E-state index is 11.3. The van der Waals surface area contributed by atoms with E-state index in [1.807, 2.05) is 0 Å². The first kappa shape index (κ1) is 15.8. The largest absolute Gasteiger partial charge is 0.480 e. The minimum absolute atomic E-state index is 0.234. The average Bonchev–Trinajstić information content (AvgIpc) is 2.32. The van der Waals surface area contributed by atoms with Gasteiger partial charge >= 0.3 is 5.97 Å². The van der Waals surface area contributed by atoms with Crippen LogP contribution in [0.5, 0.6) is 0 Å². The summed E-state index contributed by atoms with van der Waals surface area (Å²) in [6, 6.07) is -0.897. The number of carboxylic acids is 1. The maximum Gasteiger partial charge on any atom is 0.322 e. The summed E-state index contributed by atoms with van der Waals surface area (Å²) >= 11 is 0. The lowest BCUT2D eigenvalue weighted by Crippen LogP contribution is -2.49. The molecule has 9 heteroatoms. The summed E-state index contributed by atoms with van der Waals surface area (Å²) in [6.07, 6.45) is 0. The summed E-state index contributed by atoms with van der Waals surface area (Å²) in [5.41, 5.74) is 5.01. The molecule has 102 valence electrons. The first-order chi connectivity index (χ1) is 8.36. The molecule has 0 heterocycles. The van der Waals surface area contributed by atoms with Gasteiger partial charge < -0.3 is 26.8 Å². The van der Waals surface area contributed by atoms with Crippen LogP contribution in [0, 0.1) is 0 Å². The minimum atomic E-state index is -1.18. The van der Waals surface area contributed by atoms with Gasteiger partial charge in [0.1, 0.15) is 12.6 Å². The molecule has 9 nitrogen and oxygen atoms in total. The van der Waals surface area contributed by atoms with Crippen LogP contribution in [0.4, 0.5) is 0 Å². The highest BCUT2D eigenvalue weighted by molar-refractivity contribution is 5.91. The lowest BCUT2D eigenvalue weighted by Gasteiger charge is -2.13. The molecule has 18 heavy (non-hydrogen) atoms. The Kier molecular flexibility index (Phi) is 7.05. The number of nitrogens with one attached hydrogen (secondary N) is 3. The second-order valence-corrected chi connectivity index (χ2v) is 3.38. The van der Waals surface area contributed by atoms with E-state index >= 15 is 0 Å². The van der Waals surface area contributed by atoms with Gasteiger partial charge in [0.25, 0.3) is 0 Å². The molecule has 0 radical (unpaired) electrons. The average molecular weight is 260 g/mol. The highest BCUT2D eigenvalue weighted by Gasteiger charge is 2.16. The number of nitrogens with two attached hydrogens (primary N) is 1. The van der Waals surface area contributed by atoms with E-state index in [1.165, 1.54) is 6.92 Å². The summed E-state index contributed by atoms with van der Waals surface area (Å²) in [6.45, 7) is 0.331. The van der Waals surface area contributed by atoms with Crippen LogP contribution in [0.3, 0.4) is 0 Å². The predicted molar refractivity (Wildman–Crippen MR) is 60.3 cm³/mol. The van der Waals surface area contributed by atoms with Crippen molar-refractivity contribution in [3.8, 4) is 0 Å². The molecule has 0 saturated heterocycles. The van der Waals surface area contributed by atoms with E-state index in [2.05, 4.69) is 16.0 Å². The molecule has 0 fully saturated rings. The van der Waals surface area contributed by atoms with Gasteiger partial charge in [-0.15, -0.1) is 0 Å². The molecule has 0 aromatic carbocycles. The van der Waals surface area contributed by atoms with Gasteiger partial charge in [-0.05, 0) is 6.92 Å². The molecule has 0 bridgehead atoms. The van der Waals surface area contributed by atoms with Crippen LogP contribution < -0.4 is 21.7 Å². The van der Waals surface area contributed by atoms with Gasteiger partial charge in [0, 0.05) is 0 Å². The quantitative estimate of drug-likeness (QED) is 0.324. The van der Waals surface area contributed by atoms with Gasteiger partial charge in [-0.25, -0.2) is 0 Å². The molecule has 3 amide bonds. The monoisotopic (exact) mass is 260 g/mol. The SMILES string of the molecule is C[C@H](NC(=O)CNC(=O)CN)C(=O)NCC(=O)O. The second-order valence-electron chi connectivity index (χ2n) is 3.38. The molecule has 0 aliphatic heterocycles. The van der Waals surface area contributed by atoms with Crippen molar-refractivity contribution in [2.24, 2.45) is 5.73 Å². The molecule has 0 aliphatic rings. The van der Waals surface area contributed by atoms with Gasteiger partial charge in [0.2, 0.25) is 17.7 Å². The fourth-order valence-corrected chi connectivity index (χ4v) is 0.925. The third-order valence-electron chi connectivity index (χ3n) is 1.82. The van der Waals surface area contributed by atoms with E-state index in [1.54, 1.807) is 0 Å². The first-order valence-electron chi connectivity index (χ1n) is 5.12. The summed E-state index contributed by atoms with van der Waals surface area (Å²) in [7, 11) is 0. The van der Waals surface area contributed by atoms with Gasteiger partial charge in [-0.3, -0.25) is 19.2 Å². The fourth-order valence-electron chi connectivity index (χ4n) is 0.925. The standard InChI is InChI=1S/C9H16N4O5/c1-5(9(18)12-4-8(16)17)13-7(15)3-11-6(14)2-10/h5H,2-4,10H2,1H3,(H,11,14)(H,12,18)(H,13,15)(H,16,17)/t5-/m0/s1. The molecule has 6 N–H and O–H groups in total. The molecule has 0 rings (SSSR count). The van der Waals surface area contributed by atoms with Crippen molar-refractivity contribution < 1.29 is 24.3 Å². The lowest BCUT2D eigenvalue weighted by molar-refractivity contribution is -0.138. The third kappa shape index (κ3) is 7.17. The molecule has 0 spiro atoms.